The summed E-state index contributed by atoms with van der Waals surface area (Å²) in [6.07, 6.45) is 6.10. The maximum Gasteiger partial charge on any atom is 0.194 e. The number of aliphatic imine (C=N–C) groups is 1. The number of hydrogen-bond acceptors (Lipinski definition) is 4. The highest BCUT2D eigenvalue weighted by Crippen LogP contribution is 2.53. The van der Waals surface area contributed by atoms with Crippen molar-refractivity contribution in [3.63, 3.8) is 0 Å². The Morgan fingerprint density at radius 3 is 3.05 bits per heavy atom. The summed E-state index contributed by atoms with van der Waals surface area (Å²) in [7, 11) is 1.63. The average Bonchev–Trinajstić information content (AvgIpc) is 2.69. The van der Waals surface area contributed by atoms with Crippen LogP contribution in [0.5, 0.6) is 0 Å². The first-order valence-electron chi connectivity index (χ1n) is 7.29. The van der Waals surface area contributed by atoms with Crippen LogP contribution in [0.15, 0.2) is 39.9 Å². The predicted octanol–water partition coefficient (Wildman–Crippen LogP) is 2.52. The SMILES string of the molecule is COC1=NC=C2CC(C)CC3=C2C2C(=CCC(O)C12)O3. The minimum atomic E-state index is -0.454. The van der Waals surface area contributed by atoms with Crippen molar-refractivity contribution in [3.8, 4) is 0 Å². The van der Waals surface area contributed by atoms with E-state index in [2.05, 4.69) is 11.9 Å². The van der Waals surface area contributed by atoms with E-state index >= 15 is 0 Å². The highest BCUT2D eigenvalue weighted by Gasteiger charge is 2.49. The number of hydrogen-bond donors (Lipinski definition) is 1. The standard InChI is InChI=1S/C16H19NO3/c1-8-5-9-7-17-16(19-2)14-10(18)3-4-11-15(14)13(9)12(6-8)20-11/h4,7-8,10,14-15,18H,3,5-6H2,1-2H3. The Morgan fingerprint density at radius 2 is 2.25 bits per heavy atom. The zero-order valence-electron chi connectivity index (χ0n) is 11.8. The minimum Gasteiger partial charge on any atom is -0.484 e. The molecule has 4 aliphatic rings. The molecule has 0 fully saturated rings. The molecule has 20 heavy (non-hydrogen) atoms. The molecule has 4 nitrogen and oxygen atoms in total. The molecule has 2 heterocycles. The van der Waals surface area contributed by atoms with Crippen LogP contribution in [0.3, 0.4) is 0 Å². The van der Waals surface area contributed by atoms with Gasteiger partial charge in [-0.3, -0.25) is 0 Å². The molecule has 4 rings (SSSR count). The Hall–Kier alpha value is -1.55. The number of aliphatic hydroxyl groups is 1. The lowest BCUT2D eigenvalue weighted by atomic mass is 9.72. The van der Waals surface area contributed by atoms with E-state index in [4.69, 9.17) is 9.47 Å². The Bertz CT molecular complexity index is 585. The normalized spacial score (nSPS) is 38.2. The van der Waals surface area contributed by atoms with Crippen LogP contribution in [-0.2, 0) is 9.47 Å². The second kappa shape index (κ2) is 4.22. The molecule has 0 aromatic heterocycles. The van der Waals surface area contributed by atoms with Gasteiger partial charge in [0, 0.05) is 18.2 Å². The molecular weight excluding hydrogens is 254 g/mol. The van der Waals surface area contributed by atoms with Gasteiger partial charge in [0.2, 0.25) is 0 Å². The Balaban J connectivity index is 1.90. The van der Waals surface area contributed by atoms with Gasteiger partial charge < -0.3 is 14.6 Å². The number of rotatable bonds is 0. The van der Waals surface area contributed by atoms with Gasteiger partial charge in [-0.1, -0.05) is 6.92 Å². The number of aliphatic hydroxyl groups excluding tert-OH is 1. The third-order valence-corrected chi connectivity index (χ3v) is 4.78. The van der Waals surface area contributed by atoms with E-state index in [1.54, 1.807) is 7.11 Å². The fourth-order valence-corrected chi connectivity index (χ4v) is 3.96. The first kappa shape index (κ1) is 12.2. The molecule has 0 saturated heterocycles. The van der Waals surface area contributed by atoms with Crippen molar-refractivity contribution in [3.05, 3.63) is 34.9 Å². The van der Waals surface area contributed by atoms with Crippen molar-refractivity contribution in [2.24, 2.45) is 22.7 Å². The predicted molar refractivity (Wildman–Crippen MR) is 74.7 cm³/mol. The number of methoxy groups -OCH3 is 1. The number of allylic oxidation sites excluding steroid dienone is 3. The summed E-state index contributed by atoms with van der Waals surface area (Å²) < 4.78 is 11.5. The molecule has 2 aliphatic heterocycles. The molecule has 0 saturated carbocycles. The first-order chi connectivity index (χ1) is 9.69. The fraction of sp³-hybridized carbons (Fsp3) is 0.562. The van der Waals surface area contributed by atoms with E-state index in [1.165, 1.54) is 11.1 Å². The van der Waals surface area contributed by atoms with Gasteiger partial charge in [0.05, 0.1) is 25.0 Å². The van der Waals surface area contributed by atoms with Crippen molar-refractivity contribution in [1.82, 2.24) is 0 Å². The molecule has 0 radical (unpaired) electrons. The fourth-order valence-electron chi connectivity index (χ4n) is 3.96. The van der Waals surface area contributed by atoms with Gasteiger partial charge in [-0.15, -0.1) is 0 Å². The van der Waals surface area contributed by atoms with E-state index < -0.39 is 6.10 Å². The summed E-state index contributed by atoms with van der Waals surface area (Å²) in [5.74, 6) is 3.24. The van der Waals surface area contributed by atoms with Crippen LogP contribution < -0.4 is 0 Å². The first-order valence-corrected chi connectivity index (χ1v) is 7.29. The zero-order chi connectivity index (χ0) is 13.9. The van der Waals surface area contributed by atoms with Gasteiger partial charge in [0.25, 0.3) is 0 Å². The maximum absolute atomic E-state index is 10.4. The third-order valence-electron chi connectivity index (χ3n) is 4.78. The van der Waals surface area contributed by atoms with E-state index in [0.717, 1.165) is 24.4 Å². The van der Waals surface area contributed by atoms with Crippen LogP contribution >= 0.6 is 0 Å². The van der Waals surface area contributed by atoms with Crippen molar-refractivity contribution in [2.45, 2.75) is 32.3 Å². The largest absolute Gasteiger partial charge is 0.484 e. The average molecular weight is 273 g/mol. The summed E-state index contributed by atoms with van der Waals surface area (Å²) in [5.41, 5.74) is 2.51. The Kier molecular flexibility index (Phi) is 2.58. The topological polar surface area (TPSA) is 51.0 Å². The molecule has 4 heteroatoms. The van der Waals surface area contributed by atoms with E-state index in [-0.39, 0.29) is 11.8 Å². The lowest BCUT2D eigenvalue weighted by molar-refractivity contribution is 0.0953. The van der Waals surface area contributed by atoms with Crippen LogP contribution in [0, 0.1) is 17.8 Å². The van der Waals surface area contributed by atoms with Gasteiger partial charge in [-0.2, -0.15) is 0 Å². The molecular formula is C16H19NO3. The van der Waals surface area contributed by atoms with Crippen molar-refractivity contribution in [1.29, 1.82) is 0 Å². The van der Waals surface area contributed by atoms with Gasteiger partial charge in [0.1, 0.15) is 11.5 Å². The lowest BCUT2D eigenvalue weighted by Crippen LogP contribution is -2.38. The summed E-state index contributed by atoms with van der Waals surface area (Å²) in [6.45, 7) is 2.24. The summed E-state index contributed by atoms with van der Waals surface area (Å²) >= 11 is 0. The van der Waals surface area contributed by atoms with Crippen LogP contribution in [0.25, 0.3) is 0 Å². The van der Waals surface area contributed by atoms with E-state index in [0.29, 0.717) is 18.2 Å². The number of ether oxygens (including phenoxy) is 2. The zero-order valence-corrected chi connectivity index (χ0v) is 11.8. The van der Waals surface area contributed by atoms with E-state index in [1.807, 2.05) is 12.3 Å². The quantitative estimate of drug-likeness (QED) is 0.738. The highest BCUT2D eigenvalue weighted by atomic mass is 16.5. The lowest BCUT2D eigenvalue weighted by Gasteiger charge is -2.32. The van der Waals surface area contributed by atoms with E-state index in [9.17, 15) is 5.11 Å². The van der Waals surface area contributed by atoms with Crippen LogP contribution in [0.2, 0.25) is 0 Å². The molecule has 0 spiro atoms. The summed E-state index contributed by atoms with van der Waals surface area (Å²) in [5, 5.41) is 10.4. The highest BCUT2D eigenvalue weighted by molar-refractivity contribution is 5.83. The molecule has 0 aromatic carbocycles. The van der Waals surface area contributed by atoms with Gasteiger partial charge in [0.15, 0.2) is 5.90 Å². The van der Waals surface area contributed by atoms with Gasteiger partial charge >= 0.3 is 0 Å². The van der Waals surface area contributed by atoms with Crippen molar-refractivity contribution in [2.75, 3.05) is 7.11 Å². The van der Waals surface area contributed by atoms with Crippen molar-refractivity contribution >= 4 is 5.90 Å². The second-order valence-corrected chi connectivity index (χ2v) is 6.19. The molecule has 1 N–H and O–H groups in total. The monoisotopic (exact) mass is 273 g/mol. The van der Waals surface area contributed by atoms with Gasteiger partial charge in [-0.25, -0.2) is 4.99 Å². The molecule has 4 unspecified atom stereocenters. The molecule has 4 atom stereocenters. The van der Waals surface area contributed by atoms with Gasteiger partial charge in [-0.05, 0) is 30.4 Å². The minimum absolute atomic E-state index is 0.0914. The number of nitrogens with zero attached hydrogens (tertiary/aromatic N) is 1. The van der Waals surface area contributed by atoms with Crippen LogP contribution in [0.4, 0.5) is 0 Å². The summed E-state index contributed by atoms with van der Waals surface area (Å²) in [4.78, 5) is 4.51. The van der Waals surface area contributed by atoms with Crippen LogP contribution in [0.1, 0.15) is 26.2 Å². The third kappa shape index (κ3) is 1.54. The molecule has 0 aromatic rings. The Labute approximate surface area is 118 Å². The molecule has 106 valence electrons. The molecule has 0 amide bonds. The maximum atomic E-state index is 10.4. The molecule has 0 bridgehead atoms. The van der Waals surface area contributed by atoms with Crippen LogP contribution in [-0.4, -0.2) is 24.2 Å². The Morgan fingerprint density at radius 1 is 1.40 bits per heavy atom. The second-order valence-electron chi connectivity index (χ2n) is 6.19. The molecule has 2 aliphatic carbocycles. The van der Waals surface area contributed by atoms with Crippen molar-refractivity contribution < 1.29 is 14.6 Å². The smallest absolute Gasteiger partial charge is 0.194 e. The summed E-state index contributed by atoms with van der Waals surface area (Å²) in [6, 6.07) is 0.